The molecular formula is C31H36ClN5O5S2. The maximum atomic E-state index is 13.4. The molecule has 2 aliphatic rings. The Morgan fingerprint density at radius 3 is 2.36 bits per heavy atom. The normalized spacial score (nSPS) is 15.4. The van der Waals surface area contributed by atoms with Crippen molar-refractivity contribution in [1.82, 2.24) is 15.2 Å². The number of nitrogens with zero attached hydrogens (tertiary/aromatic N) is 4. The van der Waals surface area contributed by atoms with Crippen molar-refractivity contribution in [3.05, 3.63) is 71.8 Å². The van der Waals surface area contributed by atoms with Gasteiger partial charge in [-0.15, -0.1) is 12.4 Å². The van der Waals surface area contributed by atoms with E-state index >= 15 is 0 Å². The number of piperazine rings is 1. The molecule has 4 aromatic rings. The van der Waals surface area contributed by atoms with Crippen LogP contribution in [0.2, 0.25) is 0 Å². The molecule has 0 bridgehead atoms. The number of benzene rings is 3. The van der Waals surface area contributed by atoms with Gasteiger partial charge in [0.2, 0.25) is 0 Å². The lowest BCUT2D eigenvalue weighted by Crippen LogP contribution is -2.48. The summed E-state index contributed by atoms with van der Waals surface area (Å²) in [7, 11) is -0.408. The van der Waals surface area contributed by atoms with Gasteiger partial charge in [-0.1, -0.05) is 29.5 Å². The maximum absolute atomic E-state index is 13.4. The quantitative estimate of drug-likeness (QED) is 0.282. The minimum atomic E-state index is -3.71. The summed E-state index contributed by atoms with van der Waals surface area (Å²) in [6.07, 6.45) is 1.64. The van der Waals surface area contributed by atoms with Crippen molar-refractivity contribution in [2.75, 3.05) is 69.2 Å². The van der Waals surface area contributed by atoms with E-state index in [2.05, 4.69) is 15.1 Å². The number of carbonyl (C=O) groups is 1. The lowest BCUT2D eigenvalue weighted by molar-refractivity contribution is 0.0947. The molecule has 0 spiro atoms. The van der Waals surface area contributed by atoms with Gasteiger partial charge in [0, 0.05) is 51.4 Å². The molecule has 1 saturated heterocycles. The molecule has 1 aromatic heterocycles. The number of hydrogen-bond donors (Lipinski definition) is 1. The molecule has 44 heavy (non-hydrogen) atoms. The number of sulfonamides is 1. The standard InChI is InChI=1S/C31H35N5O5S2.ClH/c1-40-26-13-14-27(41-2)29-28(26)33-31(42-29)35-20-18-34(19-21-35)17-15-32-30(37)23-9-11-24(12-10-23)43(38,39)36-16-5-7-22-6-3-4-8-25(22)36;/h3-4,6,8-14H,5,7,15-21H2,1-2H3,(H,32,37);1H. The third-order valence-corrected chi connectivity index (χ3v) is 11.0. The van der Waals surface area contributed by atoms with Crippen LogP contribution in [0.25, 0.3) is 10.2 Å². The molecule has 10 nitrogen and oxygen atoms in total. The number of halogens is 1. The first-order valence-corrected chi connectivity index (χ1v) is 16.6. The van der Waals surface area contributed by atoms with Crippen LogP contribution in [0, 0.1) is 0 Å². The van der Waals surface area contributed by atoms with Gasteiger partial charge in [-0.05, 0) is 60.9 Å². The van der Waals surface area contributed by atoms with Gasteiger partial charge in [-0.25, -0.2) is 13.4 Å². The van der Waals surface area contributed by atoms with Crippen LogP contribution >= 0.6 is 23.7 Å². The molecule has 0 atom stereocenters. The minimum Gasteiger partial charge on any atom is -0.495 e. The largest absolute Gasteiger partial charge is 0.495 e. The highest BCUT2D eigenvalue weighted by Crippen LogP contribution is 2.40. The van der Waals surface area contributed by atoms with Gasteiger partial charge in [0.15, 0.2) is 5.13 Å². The average molecular weight is 658 g/mol. The average Bonchev–Trinajstić information content (AvgIpc) is 3.50. The summed E-state index contributed by atoms with van der Waals surface area (Å²) in [6.45, 7) is 5.03. The maximum Gasteiger partial charge on any atom is 0.264 e. The van der Waals surface area contributed by atoms with E-state index in [0.717, 1.165) is 83.7 Å². The smallest absolute Gasteiger partial charge is 0.264 e. The number of para-hydroxylation sites is 1. The van der Waals surface area contributed by atoms with Gasteiger partial charge >= 0.3 is 0 Å². The molecule has 1 amide bonds. The molecule has 0 aliphatic carbocycles. The number of hydrogen-bond acceptors (Lipinski definition) is 9. The van der Waals surface area contributed by atoms with Crippen LogP contribution in [-0.2, 0) is 16.4 Å². The number of thiazole rings is 1. The van der Waals surface area contributed by atoms with E-state index in [1.165, 1.54) is 16.4 Å². The highest BCUT2D eigenvalue weighted by Gasteiger charge is 2.29. The summed E-state index contributed by atoms with van der Waals surface area (Å²) in [4.78, 5) is 22.4. The van der Waals surface area contributed by atoms with Gasteiger partial charge < -0.3 is 19.7 Å². The highest BCUT2D eigenvalue weighted by molar-refractivity contribution is 7.92. The second-order valence-corrected chi connectivity index (χ2v) is 13.4. The summed E-state index contributed by atoms with van der Waals surface area (Å²) in [5, 5.41) is 3.92. The van der Waals surface area contributed by atoms with Crippen molar-refractivity contribution in [2.45, 2.75) is 17.7 Å². The molecular weight excluding hydrogens is 622 g/mol. The Morgan fingerprint density at radius 1 is 0.932 bits per heavy atom. The fourth-order valence-corrected chi connectivity index (χ4v) is 8.32. The number of methoxy groups -OCH3 is 2. The monoisotopic (exact) mass is 657 g/mol. The van der Waals surface area contributed by atoms with E-state index < -0.39 is 10.0 Å². The third-order valence-electron chi connectivity index (χ3n) is 8.03. The van der Waals surface area contributed by atoms with Crippen molar-refractivity contribution < 1.29 is 22.7 Å². The first-order chi connectivity index (χ1) is 20.9. The van der Waals surface area contributed by atoms with Crippen molar-refractivity contribution in [3.8, 4) is 11.5 Å². The molecule has 3 heterocycles. The SMILES string of the molecule is COc1ccc(OC)c2sc(N3CCN(CCNC(=O)c4ccc(S(=O)(=O)N5CCCc6ccccc65)cc4)CC3)nc12.Cl. The Hall–Kier alpha value is -3.58. The second kappa shape index (κ2) is 13.6. The van der Waals surface area contributed by atoms with E-state index in [1.807, 2.05) is 36.4 Å². The number of ether oxygens (including phenoxy) is 2. The van der Waals surface area contributed by atoms with Gasteiger partial charge in [-0.3, -0.25) is 14.0 Å². The van der Waals surface area contributed by atoms with Crippen molar-refractivity contribution in [1.29, 1.82) is 0 Å². The van der Waals surface area contributed by atoms with Gasteiger partial charge in [-0.2, -0.15) is 0 Å². The van der Waals surface area contributed by atoms with Crippen LogP contribution in [0.15, 0.2) is 65.6 Å². The number of rotatable bonds is 9. The van der Waals surface area contributed by atoms with Gasteiger partial charge in [0.05, 0.1) is 24.8 Å². The molecule has 3 aromatic carbocycles. The molecule has 2 aliphatic heterocycles. The van der Waals surface area contributed by atoms with E-state index in [4.69, 9.17) is 14.5 Å². The summed E-state index contributed by atoms with van der Waals surface area (Å²) < 4.78 is 40.3. The zero-order valence-corrected chi connectivity index (χ0v) is 27.1. The van der Waals surface area contributed by atoms with Gasteiger partial charge in [0.1, 0.15) is 21.7 Å². The first kappa shape index (κ1) is 31.8. The lowest BCUT2D eigenvalue weighted by Gasteiger charge is -2.34. The van der Waals surface area contributed by atoms with E-state index in [1.54, 1.807) is 37.7 Å². The summed E-state index contributed by atoms with van der Waals surface area (Å²) in [5.74, 6) is 1.30. The van der Waals surface area contributed by atoms with Gasteiger partial charge in [0.25, 0.3) is 15.9 Å². The number of nitrogens with one attached hydrogen (secondary N) is 1. The van der Waals surface area contributed by atoms with E-state index in [-0.39, 0.29) is 23.2 Å². The highest BCUT2D eigenvalue weighted by atomic mass is 35.5. The van der Waals surface area contributed by atoms with Crippen molar-refractivity contribution in [3.63, 3.8) is 0 Å². The molecule has 6 rings (SSSR count). The number of carbonyl (C=O) groups excluding carboxylic acids is 1. The Kier molecular flexibility index (Phi) is 9.84. The summed E-state index contributed by atoms with van der Waals surface area (Å²) in [6, 6.07) is 17.6. The van der Waals surface area contributed by atoms with Crippen molar-refractivity contribution in [2.24, 2.45) is 0 Å². The molecule has 13 heteroatoms. The van der Waals surface area contributed by atoms with E-state index in [9.17, 15) is 13.2 Å². The lowest BCUT2D eigenvalue weighted by atomic mass is 10.0. The number of fused-ring (bicyclic) bond motifs is 2. The van der Waals surface area contributed by atoms with Crippen LogP contribution in [0.5, 0.6) is 11.5 Å². The first-order valence-electron chi connectivity index (χ1n) is 14.4. The van der Waals surface area contributed by atoms with Crippen LogP contribution in [0.3, 0.4) is 0 Å². The van der Waals surface area contributed by atoms with Crippen molar-refractivity contribution >= 4 is 60.7 Å². The fourth-order valence-electron chi connectivity index (χ4n) is 5.66. The number of aryl methyl sites for hydroxylation is 1. The zero-order chi connectivity index (χ0) is 30.0. The Bertz CT molecular complexity index is 1680. The summed E-state index contributed by atoms with van der Waals surface area (Å²) in [5.41, 5.74) is 3.02. The zero-order valence-electron chi connectivity index (χ0n) is 24.7. The molecule has 0 radical (unpaired) electrons. The van der Waals surface area contributed by atoms with Crippen LogP contribution in [-0.4, -0.2) is 84.2 Å². The predicted molar refractivity (Wildman–Crippen MR) is 177 cm³/mol. The molecule has 0 saturated carbocycles. The molecule has 234 valence electrons. The minimum absolute atomic E-state index is 0. The van der Waals surface area contributed by atoms with Crippen LogP contribution < -0.4 is 24.0 Å². The van der Waals surface area contributed by atoms with Crippen LogP contribution in [0.4, 0.5) is 10.8 Å². The van der Waals surface area contributed by atoms with Crippen LogP contribution in [0.1, 0.15) is 22.3 Å². The second-order valence-electron chi connectivity index (χ2n) is 10.6. The topological polar surface area (TPSA) is 104 Å². The molecule has 1 N–H and O–H groups in total. The predicted octanol–water partition coefficient (Wildman–Crippen LogP) is 4.43. The fraction of sp³-hybridized carbons (Fsp3) is 0.355. The Balaban J connectivity index is 0.00000384. The Labute approximate surface area is 268 Å². The third kappa shape index (κ3) is 6.30. The Morgan fingerprint density at radius 2 is 1.64 bits per heavy atom. The molecule has 1 fully saturated rings. The van der Waals surface area contributed by atoms with E-state index in [0.29, 0.717) is 18.7 Å². The summed E-state index contributed by atoms with van der Waals surface area (Å²) >= 11 is 1.61. The number of anilines is 2. The number of amides is 1. The number of aromatic nitrogens is 1. The molecule has 0 unspecified atom stereocenters.